The summed E-state index contributed by atoms with van der Waals surface area (Å²) in [6, 6.07) is 0. The number of amides is 1. The number of hydrogen-bond acceptors (Lipinski definition) is 4. The molecule has 5 heteroatoms. The summed E-state index contributed by atoms with van der Waals surface area (Å²) in [5.74, 6) is 0.845. The molecule has 1 aliphatic heterocycles. The van der Waals surface area contributed by atoms with Crippen LogP contribution in [0.25, 0.3) is 0 Å². The van der Waals surface area contributed by atoms with E-state index in [4.69, 9.17) is 4.74 Å². The summed E-state index contributed by atoms with van der Waals surface area (Å²) in [5.41, 5.74) is 0. The molecular formula is C14H28N2O3. The Labute approximate surface area is 116 Å². The molecule has 0 bridgehead atoms. The first-order valence-electron chi connectivity index (χ1n) is 7.32. The van der Waals surface area contributed by atoms with Crippen molar-refractivity contribution < 1.29 is 14.6 Å². The Bertz CT molecular complexity index is 261. The fourth-order valence-electron chi connectivity index (χ4n) is 2.46. The van der Waals surface area contributed by atoms with Crippen LogP contribution in [0.15, 0.2) is 0 Å². The van der Waals surface area contributed by atoms with E-state index in [0.29, 0.717) is 32.0 Å². The van der Waals surface area contributed by atoms with Gasteiger partial charge in [0.05, 0.1) is 12.7 Å². The number of hydrogen-bond donors (Lipinski definition) is 2. The van der Waals surface area contributed by atoms with Crippen LogP contribution in [0.1, 0.15) is 32.6 Å². The Morgan fingerprint density at radius 2 is 2.32 bits per heavy atom. The minimum Gasteiger partial charge on any atom is -0.390 e. The van der Waals surface area contributed by atoms with Gasteiger partial charge in [-0.15, -0.1) is 0 Å². The average Bonchev–Trinajstić information content (AvgIpc) is 2.58. The van der Waals surface area contributed by atoms with Crippen molar-refractivity contribution in [3.05, 3.63) is 0 Å². The van der Waals surface area contributed by atoms with Crippen molar-refractivity contribution in [2.75, 3.05) is 39.9 Å². The number of carbonyl (C=O) groups excluding carboxylic acids is 1. The molecule has 1 amide bonds. The molecule has 0 aromatic heterocycles. The lowest BCUT2D eigenvalue weighted by molar-refractivity contribution is -0.132. The first kappa shape index (κ1) is 16.4. The zero-order valence-corrected chi connectivity index (χ0v) is 12.2. The van der Waals surface area contributed by atoms with E-state index >= 15 is 0 Å². The number of aliphatic hydroxyl groups is 1. The Kier molecular flexibility index (Phi) is 8.02. The van der Waals surface area contributed by atoms with Crippen molar-refractivity contribution in [3.8, 4) is 0 Å². The van der Waals surface area contributed by atoms with Gasteiger partial charge in [-0.3, -0.25) is 4.79 Å². The van der Waals surface area contributed by atoms with Crippen LogP contribution in [0, 0.1) is 5.92 Å². The molecule has 0 aromatic carbocycles. The van der Waals surface area contributed by atoms with Gasteiger partial charge in [0.2, 0.25) is 5.91 Å². The third-order valence-corrected chi connectivity index (χ3v) is 3.80. The van der Waals surface area contributed by atoms with Gasteiger partial charge in [-0.1, -0.05) is 13.3 Å². The van der Waals surface area contributed by atoms with E-state index in [9.17, 15) is 9.90 Å². The second-order valence-electron chi connectivity index (χ2n) is 5.29. The van der Waals surface area contributed by atoms with Crippen molar-refractivity contribution >= 4 is 5.91 Å². The van der Waals surface area contributed by atoms with Gasteiger partial charge in [0.1, 0.15) is 0 Å². The molecule has 2 N–H and O–H groups in total. The molecule has 19 heavy (non-hydrogen) atoms. The van der Waals surface area contributed by atoms with E-state index in [0.717, 1.165) is 32.4 Å². The minimum atomic E-state index is -0.501. The highest BCUT2D eigenvalue weighted by Gasteiger charge is 2.23. The van der Waals surface area contributed by atoms with Crippen LogP contribution in [0.2, 0.25) is 0 Å². The van der Waals surface area contributed by atoms with Gasteiger partial charge < -0.3 is 20.1 Å². The zero-order chi connectivity index (χ0) is 14.1. The zero-order valence-electron chi connectivity index (χ0n) is 12.2. The minimum absolute atomic E-state index is 0.187. The number of methoxy groups -OCH3 is 1. The first-order chi connectivity index (χ1) is 9.17. The summed E-state index contributed by atoms with van der Waals surface area (Å²) in [7, 11) is 1.65. The number of ether oxygens (including phenoxy) is 1. The maximum absolute atomic E-state index is 12.0. The average molecular weight is 272 g/mol. The predicted molar refractivity (Wildman–Crippen MR) is 75.0 cm³/mol. The van der Waals surface area contributed by atoms with Gasteiger partial charge in [-0.2, -0.15) is 0 Å². The van der Waals surface area contributed by atoms with Gasteiger partial charge >= 0.3 is 0 Å². The lowest BCUT2D eigenvalue weighted by Crippen LogP contribution is -2.41. The number of rotatable bonds is 8. The van der Waals surface area contributed by atoms with Crippen molar-refractivity contribution in [1.29, 1.82) is 0 Å². The maximum atomic E-state index is 12.0. The van der Waals surface area contributed by atoms with Crippen LogP contribution >= 0.6 is 0 Å². The molecule has 1 fully saturated rings. The lowest BCUT2D eigenvalue weighted by atomic mass is 9.98. The normalized spacial score (nSPS) is 22.4. The maximum Gasteiger partial charge on any atom is 0.222 e. The number of β-amino-alcohol motifs (C(OH)–C–C–N with tert-alkyl or cyclic N) is 1. The SMILES string of the molecule is CCC1CCC(=O)N(CC(O)CNCCOC)CC1. The molecule has 1 heterocycles. The highest BCUT2D eigenvalue weighted by Crippen LogP contribution is 2.20. The molecule has 1 rings (SSSR count). The van der Waals surface area contributed by atoms with Crippen LogP contribution < -0.4 is 5.32 Å². The van der Waals surface area contributed by atoms with Crippen LogP contribution in [0.5, 0.6) is 0 Å². The van der Waals surface area contributed by atoms with Crippen molar-refractivity contribution in [2.45, 2.75) is 38.7 Å². The number of nitrogens with one attached hydrogen (secondary N) is 1. The third-order valence-electron chi connectivity index (χ3n) is 3.80. The Balaban J connectivity index is 2.27. The predicted octanol–water partition coefficient (Wildman–Crippen LogP) is 0.622. The number of nitrogens with zero attached hydrogens (tertiary/aromatic N) is 1. The molecule has 0 spiro atoms. The van der Waals surface area contributed by atoms with Crippen LogP contribution in [0.4, 0.5) is 0 Å². The van der Waals surface area contributed by atoms with E-state index in [-0.39, 0.29) is 5.91 Å². The summed E-state index contributed by atoms with van der Waals surface area (Å²) >= 11 is 0. The standard InChI is InChI=1S/C14H28N2O3/c1-3-12-4-5-14(18)16(8-6-12)11-13(17)10-15-7-9-19-2/h12-13,15,17H,3-11H2,1-2H3. The number of likely N-dealkylation sites (tertiary alicyclic amines) is 1. The van der Waals surface area contributed by atoms with Gasteiger partial charge in [-0.25, -0.2) is 0 Å². The van der Waals surface area contributed by atoms with Gasteiger partial charge in [0.25, 0.3) is 0 Å². The van der Waals surface area contributed by atoms with Crippen molar-refractivity contribution in [1.82, 2.24) is 10.2 Å². The second-order valence-corrected chi connectivity index (χ2v) is 5.29. The monoisotopic (exact) mass is 272 g/mol. The molecule has 5 nitrogen and oxygen atoms in total. The first-order valence-corrected chi connectivity index (χ1v) is 7.32. The summed E-state index contributed by atoms with van der Waals surface area (Å²) < 4.78 is 4.92. The van der Waals surface area contributed by atoms with E-state index in [1.54, 1.807) is 7.11 Å². The summed E-state index contributed by atoms with van der Waals surface area (Å²) in [6.45, 7) is 5.26. The largest absolute Gasteiger partial charge is 0.390 e. The van der Waals surface area contributed by atoms with E-state index in [1.807, 2.05) is 4.90 Å². The highest BCUT2D eigenvalue weighted by molar-refractivity contribution is 5.76. The third kappa shape index (κ3) is 6.36. The number of aliphatic hydroxyl groups excluding tert-OH is 1. The highest BCUT2D eigenvalue weighted by atomic mass is 16.5. The van der Waals surface area contributed by atoms with Crippen LogP contribution in [-0.4, -0.2) is 61.9 Å². The Morgan fingerprint density at radius 3 is 3.00 bits per heavy atom. The van der Waals surface area contributed by atoms with E-state index in [1.165, 1.54) is 0 Å². The van der Waals surface area contributed by atoms with Crippen molar-refractivity contribution in [3.63, 3.8) is 0 Å². The molecule has 112 valence electrons. The summed E-state index contributed by atoms with van der Waals surface area (Å²) in [5, 5.41) is 13.0. The van der Waals surface area contributed by atoms with E-state index in [2.05, 4.69) is 12.2 Å². The molecule has 1 aliphatic rings. The number of carbonyl (C=O) groups is 1. The van der Waals surface area contributed by atoms with E-state index < -0.39 is 6.10 Å². The molecule has 2 atom stereocenters. The van der Waals surface area contributed by atoms with Gasteiger partial charge in [-0.05, 0) is 18.8 Å². The molecule has 2 unspecified atom stereocenters. The second kappa shape index (κ2) is 9.28. The summed E-state index contributed by atoms with van der Waals surface area (Å²) in [6.07, 6.45) is 3.32. The van der Waals surface area contributed by atoms with Crippen LogP contribution in [-0.2, 0) is 9.53 Å². The molecule has 1 saturated heterocycles. The molecule has 0 radical (unpaired) electrons. The lowest BCUT2D eigenvalue weighted by Gasteiger charge is -2.24. The Hall–Kier alpha value is -0.650. The molecule has 0 aliphatic carbocycles. The molecule has 0 aromatic rings. The molecule has 0 saturated carbocycles. The van der Waals surface area contributed by atoms with Crippen LogP contribution in [0.3, 0.4) is 0 Å². The van der Waals surface area contributed by atoms with Crippen molar-refractivity contribution in [2.24, 2.45) is 5.92 Å². The quantitative estimate of drug-likeness (QED) is 0.636. The Morgan fingerprint density at radius 1 is 1.53 bits per heavy atom. The topological polar surface area (TPSA) is 61.8 Å². The van der Waals surface area contributed by atoms with Gasteiger partial charge in [0.15, 0.2) is 0 Å². The smallest absolute Gasteiger partial charge is 0.222 e. The fraction of sp³-hybridized carbons (Fsp3) is 0.929. The van der Waals surface area contributed by atoms with Gasteiger partial charge in [0, 0.05) is 39.7 Å². The molecular weight excluding hydrogens is 244 g/mol. The fourth-order valence-corrected chi connectivity index (χ4v) is 2.46. The summed E-state index contributed by atoms with van der Waals surface area (Å²) in [4.78, 5) is 13.8.